The van der Waals surface area contributed by atoms with Gasteiger partial charge in [0.15, 0.2) is 11.5 Å². The molecule has 1 aliphatic heterocycles. The second-order valence-electron chi connectivity index (χ2n) is 6.57. The maximum absolute atomic E-state index is 5.93. The molecule has 0 radical (unpaired) electrons. The molecule has 1 atom stereocenters. The van der Waals surface area contributed by atoms with Gasteiger partial charge in [0.05, 0.1) is 7.11 Å². The van der Waals surface area contributed by atoms with Crippen molar-refractivity contribution in [2.24, 2.45) is 0 Å². The van der Waals surface area contributed by atoms with E-state index in [1.54, 1.807) is 7.11 Å². The van der Waals surface area contributed by atoms with Crippen LogP contribution in [0.2, 0.25) is 0 Å². The van der Waals surface area contributed by atoms with Gasteiger partial charge in [-0.2, -0.15) is 0 Å². The largest absolute Gasteiger partial charge is 0.493 e. The maximum Gasteiger partial charge on any atom is 0.169 e. The number of piperidine rings is 1. The van der Waals surface area contributed by atoms with Gasteiger partial charge < -0.3 is 14.4 Å². The lowest BCUT2D eigenvalue weighted by Gasteiger charge is -2.32. The number of hydrogen-bond acceptors (Lipinski definition) is 3. The van der Waals surface area contributed by atoms with Crippen molar-refractivity contribution < 1.29 is 9.47 Å². The summed E-state index contributed by atoms with van der Waals surface area (Å²) in [6.07, 6.45) is 6.43. The van der Waals surface area contributed by atoms with Gasteiger partial charge in [0.25, 0.3) is 0 Å². The minimum absolute atomic E-state index is 0.739. The molecule has 1 aliphatic rings. The van der Waals surface area contributed by atoms with Crippen molar-refractivity contribution in [3.63, 3.8) is 0 Å². The summed E-state index contributed by atoms with van der Waals surface area (Å²) in [5.41, 5.74) is 1.38. The second-order valence-corrected chi connectivity index (χ2v) is 6.57. The Hall–Kier alpha value is -2.00. The van der Waals surface area contributed by atoms with E-state index < -0.39 is 0 Å². The summed E-state index contributed by atoms with van der Waals surface area (Å²) in [5.74, 6) is 2.34. The zero-order valence-corrected chi connectivity index (χ0v) is 14.7. The predicted octanol–water partition coefficient (Wildman–Crippen LogP) is 4.90. The number of nitrogens with zero attached hydrogens (tertiary/aromatic N) is 1. The van der Waals surface area contributed by atoms with Crippen molar-refractivity contribution in [3.05, 3.63) is 54.1 Å². The van der Waals surface area contributed by atoms with Gasteiger partial charge in [-0.15, -0.1) is 0 Å². The first kappa shape index (κ1) is 16.8. The van der Waals surface area contributed by atoms with E-state index in [9.17, 15) is 0 Å². The first-order valence-electron chi connectivity index (χ1n) is 8.86. The highest BCUT2D eigenvalue weighted by Gasteiger charge is 2.18. The predicted molar refractivity (Wildman–Crippen MR) is 98.1 cm³/mol. The normalized spacial score (nSPS) is 18.3. The van der Waals surface area contributed by atoms with Gasteiger partial charge in [0.1, 0.15) is 5.75 Å². The molecule has 2 aromatic carbocycles. The van der Waals surface area contributed by atoms with Crippen LogP contribution >= 0.6 is 0 Å². The summed E-state index contributed by atoms with van der Waals surface area (Å²) in [5, 5.41) is 0. The molecule has 0 bridgehead atoms. The van der Waals surface area contributed by atoms with Crippen LogP contribution in [0.4, 0.5) is 0 Å². The number of methoxy groups -OCH3 is 1. The minimum atomic E-state index is 0.739. The van der Waals surface area contributed by atoms with Crippen LogP contribution < -0.4 is 9.47 Å². The fraction of sp³-hybridized carbons (Fsp3) is 0.429. The molecule has 0 amide bonds. The fourth-order valence-electron chi connectivity index (χ4n) is 3.40. The lowest BCUT2D eigenvalue weighted by Crippen LogP contribution is -2.36. The molecule has 1 saturated heterocycles. The Kier molecular flexibility index (Phi) is 5.76. The number of ether oxygens (including phenoxy) is 2. The average Bonchev–Trinajstić information content (AvgIpc) is 2.63. The van der Waals surface area contributed by atoms with Crippen LogP contribution in [-0.4, -0.2) is 31.6 Å². The Morgan fingerprint density at radius 3 is 2.46 bits per heavy atom. The summed E-state index contributed by atoms with van der Waals surface area (Å²) in [4.78, 5) is 2.52. The molecule has 24 heavy (non-hydrogen) atoms. The number of likely N-dealkylation sites (tertiary alicyclic amines) is 1. The van der Waals surface area contributed by atoms with Crippen LogP contribution in [0.25, 0.3) is 0 Å². The molecule has 3 rings (SSSR count). The zero-order chi connectivity index (χ0) is 16.8. The monoisotopic (exact) mass is 325 g/mol. The Balaban J connectivity index is 1.57. The quantitative estimate of drug-likeness (QED) is 0.753. The molecule has 1 fully saturated rings. The highest BCUT2D eigenvalue weighted by molar-refractivity contribution is 5.43. The van der Waals surface area contributed by atoms with Crippen LogP contribution in [0.3, 0.4) is 0 Å². The van der Waals surface area contributed by atoms with Crippen LogP contribution in [0.5, 0.6) is 17.2 Å². The van der Waals surface area contributed by atoms with E-state index in [2.05, 4.69) is 24.1 Å². The Morgan fingerprint density at radius 1 is 1.00 bits per heavy atom. The first-order valence-corrected chi connectivity index (χ1v) is 8.86. The highest BCUT2D eigenvalue weighted by atomic mass is 16.5. The minimum Gasteiger partial charge on any atom is -0.493 e. The molecule has 1 heterocycles. The molecular formula is C21H27NO2. The maximum atomic E-state index is 5.93. The topological polar surface area (TPSA) is 21.7 Å². The molecule has 0 aliphatic carbocycles. The molecule has 0 N–H and O–H groups in total. The van der Waals surface area contributed by atoms with Gasteiger partial charge in [-0.1, -0.05) is 30.7 Å². The van der Waals surface area contributed by atoms with Crippen molar-refractivity contribution in [1.29, 1.82) is 0 Å². The summed E-state index contributed by atoms with van der Waals surface area (Å²) in [6, 6.07) is 16.9. The van der Waals surface area contributed by atoms with Gasteiger partial charge in [-0.05, 0) is 69.1 Å². The number of aryl methyl sites for hydroxylation is 1. The van der Waals surface area contributed by atoms with Crippen molar-refractivity contribution in [1.82, 2.24) is 4.90 Å². The third-order valence-corrected chi connectivity index (χ3v) is 4.91. The summed E-state index contributed by atoms with van der Waals surface area (Å²) in [6.45, 7) is 1.25. The van der Waals surface area contributed by atoms with E-state index >= 15 is 0 Å². The van der Waals surface area contributed by atoms with Crippen LogP contribution in [0.15, 0.2) is 48.5 Å². The standard InChI is InChI=1S/C21H27NO2/c1-22-16-6-5-7-18(22)13-10-17-11-14-19(15-12-17)24-21-9-4-3-8-20(21)23-2/h3-4,8-9,11-12,14-15,18H,5-7,10,13,16H2,1-2H3. The van der Waals surface area contributed by atoms with Gasteiger partial charge in [0, 0.05) is 6.04 Å². The average molecular weight is 325 g/mol. The molecule has 1 unspecified atom stereocenters. The smallest absolute Gasteiger partial charge is 0.169 e. The highest BCUT2D eigenvalue weighted by Crippen LogP contribution is 2.31. The van der Waals surface area contributed by atoms with Gasteiger partial charge >= 0.3 is 0 Å². The van der Waals surface area contributed by atoms with E-state index in [1.807, 2.05) is 36.4 Å². The van der Waals surface area contributed by atoms with Gasteiger partial charge in [-0.25, -0.2) is 0 Å². The Labute approximate surface area is 145 Å². The van der Waals surface area contributed by atoms with E-state index in [0.29, 0.717) is 0 Å². The molecule has 2 aromatic rings. The third kappa shape index (κ3) is 4.30. The Morgan fingerprint density at radius 2 is 1.75 bits per heavy atom. The molecule has 0 aromatic heterocycles. The summed E-state index contributed by atoms with van der Waals surface area (Å²) in [7, 11) is 3.92. The molecule has 128 valence electrons. The van der Waals surface area contributed by atoms with Crippen molar-refractivity contribution >= 4 is 0 Å². The lowest BCUT2D eigenvalue weighted by molar-refractivity contribution is 0.176. The molecule has 3 nitrogen and oxygen atoms in total. The lowest BCUT2D eigenvalue weighted by atomic mass is 9.96. The number of rotatable bonds is 6. The van der Waals surface area contributed by atoms with E-state index in [0.717, 1.165) is 29.7 Å². The summed E-state index contributed by atoms with van der Waals surface area (Å²) < 4.78 is 11.3. The van der Waals surface area contributed by atoms with Crippen molar-refractivity contribution in [3.8, 4) is 17.2 Å². The van der Waals surface area contributed by atoms with Gasteiger partial charge in [0.2, 0.25) is 0 Å². The number of benzene rings is 2. The van der Waals surface area contributed by atoms with Crippen LogP contribution in [0.1, 0.15) is 31.2 Å². The second kappa shape index (κ2) is 8.20. The number of hydrogen-bond donors (Lipinski definition) is 0. The molecule has 0 spiro atoms. The van der Waals surface area contributed by atoms with Crippen molar-refractivity contribution in [2.75, 3.05) is 20.7 Å². The van der Waals surface area contributed by atoms with E-state index in [1.165, 1.54) is 37.8 Å². The summed E-state index contributed by atoms with van der Waals surface area (Å²) >= 11 is 0. The SMILES string of the molecule is COc1ccccc1Oc1ccc(CCC2CCCCN2C)cc1. The fourth-order valence-corrected chi connectivity index (χ4v) is 3.40. The number of para-hydroxylation sites is 2. The van der Waals surface area contributed by atoms with E-state index in [4.69, 9.17) is 9.47 Å². The first-order chi connectivity index (χ1) is 11.8. The molecule has 3 heteroatoms. The van der Waals surface area contributed by atoms with Crippen molar-refractivity contribution in [2.45, 2.75) is 38.1 Å². The van der Waals surface area contributed by atoms with Gasteiger partial charge in [-0.3, -0.25) is 0 Å². The molecule has 0 saturated carbocycles. The zero-order valence-electron chi connectivity index (χ0n) is 14.7. The van der Waals surface area contributed by atoms with Crippen LogP contribution in [-0.2, 0) is 6.42 Å². The molecular weight excluding hydrogens is 298 g/mol. The third-order valence-electron chi connectivity index (χ3n) is 4.91. The van der Waals surface area contributed by atoms with E-state index in [-0.39, 0.29) is 0 Å². The van der Waals surface area contributed by atoms with Crippen LogP contribution in [0, 0.1) is 0 Å². The Bertz CT molecular complexity index is 639.